The van der Waals surface area contributed by atoms with E-state index in [0.717, 1.165) is 5.39 Å². The predicted molar refractivity (Wildman–Crippen MR) is 74.6 cm³/mol. The molecule has 1 aromatic heterocycles. The Morgan fingerprint density at radius 3 is 2.89 bits per heavy atom. The van der Waals surface area contributed by atoms with E-state index in [4.69, 9.17) is 10.2 Å². The monoisotopic (exact) mass is 261 g/mol. The summed E-state index contributed by atoms with van der Waals surface area (Å²) in [6.45, 7) is 1.67. The van der Waals surface area contributed by atoms with Crippen LogP contribution in [-0.2, 0) is 0 Å². The van der Waals surface area contributed by atoms with Gasteiger partial charge < -0.3 is 10.2 Å². The third kappa shape index (κ3) is 2.54. The van der Waals surface area contributed by atoms with Gasteiger partial charge in [0.1, 0.15) is 5.58 Å². The highest BCUT2D eigenvalue weighted by molar-refractivity contribution is 7.80. The number of nitrogens with two attached hydrogens (primary N) is 1. The Balaban J connectivity index is 2.51. The van der Waals surface area contributed by atoms with Crippen molar-refractivity contribution in [3.63, 3.8) is 0 Å². The average Bonchev–Trinajstić information content (AvgIpc) is 2.35. The standard InChI is InChI=1S/C12H11N3O2S/c1-7(14-15-12(13)18)9-6-8-4-2-3-5-10(8)17-11(9)16/h2-6H,1H3,(H3,13,15,18)/b14-7-. The number of hydrogen-bond donors (Lipinski definition) is 2. The first-order valence-corrected chi connectivity index (χ1v) is 5.62. The minimum atomic E-state index is -0.445. The van der Waals surface area contributed by atoms with Gasteiger partial charge in [0.25, 0.3) is 0 Å². The average molecular weight is 261 g/mol. The van der Waals surface area contributed by atoms with Crippen LogP contribution < -0.4 is 16.8 Å². The molecule has 0 saturated heterocycles. The van der Waals surface area contributed by atoms with E-state index >= 15 is 0 Å². The zero-order valence-corrected chi connectivity index (χ0v) is 10.5. The largest absolute Gasteiger partial charge is 0.422 e. The van der Waals surface area contributed by atoms with Gasteiger partial charge in [-0.2, -0.15) is 5.10 Å². The van der Waals surface area contributed by atoms with Gasteiger partial charge in [-0.1, -0.05) is 18.2 Å². The van der Waals surface area contributed by atoms with Crippen molar-refractivity contribution in [3.8, 4) is 0 Å². The number of thiocarbonyl (C=S) groups is 1. The molecule has 6 heteroatoms. The minimum absolute atomic E-state index is 0.0412. The van der Waals surface area contributed by atoms with Crippen molar-refractivity contribution in [3.05, 3.63) is 46.3 Å². The lowest BCUT2D eigenvalue weighted by atomic mass is 10.1. The highest BCUT2D eigenvalue weighted by atomic mass is 32.1. The molecule has 0 aliphatic carbocycles. The third-order valence-corrected chi connectivity index (χ3v) is 2.46. The van der Waals surface area contributed by atoms with Crippen molar-refractivity contribution in [1.29, 1.82) is 0 Å². The molecule has 0 unspecified atom stereocenters. The van der Waals surface area contributed by atoms with Crippen molar-refractivity contribution in [1.82, 2.24) is 5.43 Å². The van der Waals surface area contributed by atoms with Crippen LogP contribution in [0.3, 0.4) is 0 Å². The summed E-state index contributed by atoms with van der Waals surface area (Å²) in [6, 6.07) is 8.99. The Bertz CT molecular complexity index is 691. The van der Waals surface area contributed by atoms with Crippen LogP contribution in [0.15, 0.2) is 44.6 Å². The van der Waals surface area contributed by atoms with Gasteiger partial charge in [0.15, 0.2) is 5.11 Å². The zero-order chi connectivity index (χ0) is 13.1. The molecule has 0 atom stereocenters. The highest BCUT2D eigenvalue weighted by Gasteiger charge is 2.07. The number of hydrazone groups is 1. The summed E-state index contributed by atoms with van der Waals surface area (Å²) in [4.78, 5) is 11.8. The number of nitrogens with zero attached hydrogens (tertiary/aromatic N) is 1. The summed E-state index contributed by atoms with van der Waals surface area (Å²) in [6.07, 6.45) is 0. The van der Waals surface area contributed by atoms with Crippen molar-refractivity contribution < 1.29 is 4.42 Å². The molecule has 3 N–H and O–H groups in total. The minimum Gasteiger partial charge on any atom is -0.422 e. The number of para-hydroxylation sites is 1. The summed E-state index contributed by atoms with van der Waals surface area (Å²) in [7, 11) is 0. The molecule has 1 heterocycles. The summed E-state index contributed by atoms with van der Waals surface area (Å²) in [5, 5.41) is 4.77. The van der Waals surface area contributed by atoms with Crippen molar-refractivity contribution in [2.24, 2.45) is 10.8 Å². The predicted octanol–water partition coefficient (Wildman–Crippen LogP) is 1.35. The van der Waals surface area contributed by atoms with Crippen LogP contribution in [0.5, 0.6) is 0 Å². The Hall–Kier alpha value is -2.21. The topological polar surface area (TPSA) is 80.6 Å². The molecule has 0 radical (unpaired) electrons. The number of fused-ring (bicyclic) bond motifs is 1. The van der Waals surface area contributed by atoms with E-state index in [1.807, 2.05) is 12.1 Å². The molecule has 1 aromatic carbocycles. The number of nitrogens with one attached hydrogen (secondary N) is 1. The fourth-order valence-corrected chi connectivity index (χ4v) is 1.56. The van der Waals surface area contributed by atoms with Gasteiger partial charge in [0, 0.05) is 5.39 Å². The van der Waals surface area contributed by atoms with E-state index in [0.29, 0.717) is 16.9 Å². The van der Waals surface area contributed by atoms with Crippen LogP contribution in [0.4, 0.5) is 0 Å². The molecule has 0 spiro atoms. The molecule has 5 nitrogen and oxygen atoms in total. The first-order valence-electron chi connectivity index (χ1n) is 5.21. The molecule has 0 bridgehead atoms. The van der Waals surface area contributed by atoms with Gasteiger partial charge in [-0.25, -0.2) is 4.79 Å². The van der Waals surface area contributed by atoms with E-state index in [9.17, 15) is 4.79 Å². The van der Waals surface area contributed by atoms with Crippen LogP contribution in [0.2, 0.25) is 0 Å². The molecular weight excluding hydrogens is 250 g/mol. The Morgan fingerprint density at radius 2 is 2.17 bits per heavy atom. The SMILES string of the molecule is C/C(=N/NC(N)=S)c1cc2ccccc2oc1=O. The Morgan fingerprint density at radius 1 is 1.44 bits per heavy atom. The Labute approximate surface area is 108 Å². The van der Waals surface area contributed by atoms with E-state index < -0.39 is 5.63 Å². The van der Waals surface area contributed by atoms with Crippen LogP contribution in [0.1, 0.15) is 12.5 Å². The second-order valence-electron chi connectivity index (χ2n) is 3.66. The maximum Gasteiger partial charge on any atom is 0.345 e. The number of benzene rings is 1. The maximum atomic E-state index is 11.8. The zero-order valence-electron chi connectivity index (χ0n) is 9.64. The lowest BCUT2D eigenvalue weighted by Gasteiger charge is -2.02. The second-order valence-corrected chi connectivity index (χ2v) is 4.10. The quantitative estimate of drug-likeness (QED) is 0.369. The second kappa shape index (κ2) is 4.97. The van der Waals surface area contributed by atoms with E-state index in [1.54, 1.807) is 25.1 Å². The van der Waals surface area contributed by atoms with Gasteiger partial charge in [-0.15, -0.1) is 0 Å². The summed E-state index contributed by atoms with van der Waals surface area (Å²) >= 11 is 4.63. The summed E-state index contributed by atoms with van der Waals surface area (Å²) in [5.41, 5.74) is 8.63. The molecule has 0 aliphatic heterocycles. The molecule has 18 heavy (non-hydrogen) atoms. The smallest absolute Gasteiger partial charge is 0.345 e. The lowest BCUT2D eigenvalue weighted by molar-refractivity contribution is 0.559. The molecule has 0 amide bonds. The normalized spacial score (nSPS) is 11.5. The van der Waals surface area contributed by atoms with Gasteiger partial charge in [-0.3, -0.25) is 5.43 Å². The van der Waals surface area contributed by atoms with Crippen LogP contribution in [0, 0.1) is 0 Å². The van der Waals surface area contributed by atoms with Gasteiger partial charge in [-0.05, 0) is 31.3 Å². The number of hydrogen-bond acceptors (Lipinski definition) is 4. The van der Waals surface area contributed by atoms with Crippen molar-refractivity contribution in [2.45, 2.75) is 6.92 Å². The van der Waals surface area contributed by atoms with Gasteiger partial charge in [0.05, 0.1) is 11.3 Å². The van der Waals surface area contributed by atoms with Gasteiger partial charge >= 0.3 is 5.63 Å². The summed E-state index contributed by atoms with van der Waals surface area (Å²) in [5.74, 6) is 0. The molecule has 0 fully saturated rings. The van der Waals surface area contributed by atoms with Crippen molar-refractivity contribution >= 4 is 34.0 Å². The molecule has 2 rings (SSSR count). The number of rotatable bonds is 2. The Kier molecular flexibility index (Phi) is 3.38. The fraction of sp³-hybridized carbons (Fsp3) is 0.0833. The van der Waals surface area contributed by atoms with Crippen LogP contribution in [0.25, 0.3) is 11.0 Å². The highest BCUT2D eigenvalue weighted by Crippen LogP contribution is 2.12. The molecular formula is C12H11N3O2S. The van der Waals surface area contributed by atoms with E-state index in [2.05, 4.69) is 22.7 Å². The molecule has 92 valence electrons. The first kappa shape index (κ1) is 12.3. The van der Waals surface area contributed by atoms with Crippen LogP contribution >= 0.6 is 12.2 Å². The van der Waals surface area contributed by atoms with Crippen molar-refractivity contribution in [2.75, 3.05) is 0 Å². The molecule has 0 aliphatic rings. The van der Waals surface area contributed by atoms with E-state index in [-0.39, 0.29) is 5.11 Å². The third-order valence-electron chi connectivity index (χ3n) is 2.37. The molecule has 0 saturated carbocycles. The van der Waals surface area contributed by atoms with Crippen LogP contribution in [-0.4, -0.2) is 10.8 Å². The fourth-order valence-electron chi connectivity index (χ4n) is 1.51. The maximum absolute atomic E-state index is 11.8. The van der Waals surface area contributed by atoms with Gasteiger partial charge in [0.2, 0.25) is 0 Å². The molecule has 2 aromatic rings. The summed E-state index contributed by atoms with van der Waals surface area (Å²) < 4.78 is 5.19. The lowest BCUT2D eigenvalue weighted by Crippen LogP contribution is -2.26. The first-order chi connectivity index (χ1) is 8.58. The van der Waals surface area contributed by atoms with E-state index in [1.165, 1.54) is 0 Å².